The molecule has 2 aromatic carbocycles. The minimum Gasteiger partial charge on any atom is -0.490 e. The lowest BCUT2D eigenvalue weighted by Crippen LogP contribution is -2.27. The van der Waals surface area contributed by atoms with Crippen LogP contribution in [0.4, 0.5) is 0 Å². The molecular formula is C24H30O6. The Morgan fingerprint density at radius 1 is 0.967 bits per heavy atom. The van der Waals surface area contributed by atoms with E-state index in [9.17, 15) is 9.59 Å². The van der Waals surface area contributed by atoms with Gasteiger partial charge in [0.05, 0.1) is 7.11 Å². The van der Waals surface area contributed by atoms with Crippen LogP contribution in [-0.2, 0) is 27.2 Å². The highest BCUT2D eigenvalue weighted by Crippen LogP contribution is 2.25. The molecule has 0 aliphatic rings. The number of carboxylic acids is 1. The number of methoxy groups -OCH3 is 1. The highest BCUT2D eigenvalue weighted by Gasteiger charge is 2.27. The average Bonchev–Trinajstić information content (AvgIpc) is 2.75. The molecule has 0 amide bonds. The van der Waals surface area contributed by atoms with E-state index in [4.69, 9.17) is 14.6 Å². The number of carboxylic acid groups (broad SMARTS) is 1. The molecule has 30 heavy (non-hydrogen) atoms. The lowest BCUT2D eigenvalue weighted by Gasteiger charge is -2.15. The fourth-order valence-corrected chi connectivity index (χ4v) is 3.21. The first-order chi connectivity index (χ1) is 14.3. The molecule has 2 aromatic rings. The second kappa shape index (κ2) is 11.2. The second-order valence-corrected chi connectivity index (χ2v) is 7.33. The van der Waals surface area contributed by atoms with E-state index in [1.165, 1.54) is 18.2 Å². The summed E-state index contributed by atoms with van der Waals surface area (Å²) in [4.78, 5) is 22.8. The predicted octanol–water partition coefficient (Wildman–Crippen LogP) is 4.25. The number of aliphatic carboxylic acids is 1. The van der Waals surface area contributed by atoms with Crippen LogP contribution >= 0.6 is 0 Å². The van der Waals surface area contributed by atoms with Crippen LogP contribution in [0.5, 0.6) is 11.5 Å². The molecule has 0 bridgehead atoms. The smallest absolute Gasteiger partial charge is 0.320 e. The maximum absolute atomic E-state index is 11.6. The summed E-state index contributed by atoms with van der Waals surface area (Å²) in [6.07, 6.45) is 1.07. The minimum absolute atomic E-state index is 0.0668. The van der Waals surface area contributed by atoms with Crippen molar-refractivity contribution in [2.45, 2.75) is 39.5 Å². The Kier molecular flexibility index (Phi) is 8.71. The monoisotopic (exact) mass is 414 g/mol. The SMILES string of the molecule is CCc1ccc(OCCOc2ccc(CC(C(=O)O)C(=O)OC)cc2)cc1C(C)C. The Hall–Kier alpha value is -3.02. The summed E-state index contributed by atoms with van der Waals surface area (Å²) in [5.41, 5.74) is 3.36. The van der Waals surface area contributed by atoms with E-state index in [2.05, 4.69) is 37.6 Å². The van der Waals surface area contributed by atoms with Crippen molar-refractivity contribution >= 4 is 11.9 Å². The topological polar surface area (TPSA) is 82.1 Å². The van der Waals surface area contributed by atoms with Crippen molar-refractivity contribution in [1.82, 2.24) is 0 Å². The molecule has 6 nitrogen and oxygen atoms in total. The maximum atomic E-state index is 11.6. The van der Waals surface area contributed by atoms with Gasteiger partial charge in [-0.1, -0.05) is 39.0 Å². The highest BCUT2D eigenvalue weighted by atomic mass is 16.5. The van der Waals surface area contributed by atoms with Gasteiger partial charge in [0, 0.05) is 0 Å². The summed E-state index contributed by atoms with van der Waals surface area (Å²) in [6.45, 7) is 7.29. The quantitative estimate of drug-likeness (QED) is 0.336. The maximum Gasteiger partial charge on any atom is 0.320 e. The summed E-state index contributed by atoms with van der Waals surface area (Å²) in [6, 6.07) is 13.2. The van der Waals surface area contributed by atoms with Crippen LogP contribution in [0, 0.1) is 5.92 Å². The molecule has 0 aromatic heterocycles. The van der Waals surface area contributed by atoms with Crippen molar-refractivity contribution in [2.24, 2.45) is 5.92 Å². The van der Waals surface area contributed by atoms with Crippen molar-refractivity contribution in [3.63, 3.8) is 0 Å². The van der Waals surface area contributed by atoms with Gasteiger partial charge in [0.25, 0.3) is 0 Å². The zero-order valence-corrected chi connectivity index (χ0v) is 18.0. The molecule has 0 spiro atoms. The first kappa shape index (κ1) is 23.3. The van der Waals surface area contributed by atoms with E-state index < -0.39 is 17.9 Å². The minimum atomic E-state index is -1.22. The van der Waals surface area contributed by atoms with Crippen LogP contribution in [-0.4, -0.2) is 37.4 Å². The number of aryl methyl sites for hydroxylation is 1. The molecule has 0 saturated carbocycles. The van der Waals surface area contributed by atoms with Gasteiger partial charge in [-0.2, -0.15) is 0 Å². The molecule has 1 N–H and O–H groups in total. The molecule has 0 saturated heterocycles. The Morgan fingerprint density at radius 3 is 2.10 bits per heavy atom. The molecule has 1 unspecified atom stereocenters. The molecule has 0 radical (unpaired) electrons. The molecule has 6 heteroatoms. The first-order valence-electron chi connectivity index (χ1n) is 10.1. The van der Waals surface area contributed by atoms with E-state index in [-0.39, 0.29) is 6.42 Å². The third kappa shape index (κ3) is 6.51. The highest BCUT2D eigenvalue weighted by molar-refractivity contribution is 5.94. The van der Waals surface area contributed by atoms with Crippen LogP contribution in [0.3, 0.4) is 0 Å². The molecule has 1 atom stereocenters. The van der Waals surface area contributed by atoms with Gasteiger partial charge in [0.15, 0.2) is 5.92 Å². The number of hydrogen-bond donors (Lipinski definition) is 1. The first-order valence-corrected chi connectivity index (χ1v) is 10.1. The third-order valence-electron chi connectivity index (χ3n) is 4.89. The van der Waals surface area contributed by atoms with Crippen molar-refractivity contribution in [2.75, 3.05) is 20.3 Å². The molecule has 0 aliphatic carbocycles. The summed E-state index contributed by atoms with van der Waals surface area (Å²) in [5.74, 6) is -1.25. The van der Waals surface area contributed by atoms with Crippen molar-refractivity contribution in [1.29, 1.82) is 0 Å². The Balaban J connectivity index is 1.85. The Morgan fingerprint density at radius 2 is 1.57 bits per heavy atom. The fourth-order valence-electron chi connectivity index (χ4n) is 3.21. The normalized spacial score (nSPS) is 11.8. The summed E-state index contributed by atoms with van der Waals surface area (Å²) < 4.78 is 16.1. The number of rotatable bonds is 11. The summed E-state index contributed by atoms with van der Waals surface area (Å²) >= 11 is 0. The van der Waals surface area contributed by atoms with Gasteiger partial charge in [0.1, 0.15) is 24.7 Å². The van der Waals surface area contributed by atoms with Gasteiger partial charge in [-0.25, -0.2) is 0 Å². The zero-order valence-electron chi connectivity index (χ0n) is 18.0. The average molecular weight is 414 g/mol. The number of carbonyl (C=O) groups excluding carboxylic acids is 1. The third-order valence-corrected chi connectivity index (χ3v) is 4.89. The molecule has 0 heterocycles. The van der Waals surface area contributed by atoms with Crippen LogP contribution in [0.15, 0.2) is 42.5 Å². The van der Waals surface area contributed by atoms with Crippen molar-refractivity contribution < 1.29 is 28.9 Å². The van der Waals surface area contributed by atoms with Crippen molar-refractivity contribution in [3.05, 3.63) is 59.2 Å². The number of ether oxygens (including phenoxy) is 3. The van der Waals surface area contributed by atoms with E-state index in [0.717, 1.165) is 12.2 Å². The van der Waals surface area contributed by atoms with E-state index in [1.807, 2.05) is 6.07 Å². The van der Waals surface area contributed by atoms with Crippen molar-refractivity contribution in [3.8, 4) is 11.5 Å². The number of carbonyl (C=O) groups is 2. The molecule has 0 fully saturated rings. The zero-order chi connectivity index (χ0) is 22.1. The van der Waals surface area contributed by atoms with Gasteiger partial charge in [-0.05, 0) is 59.7 Å². The number of esters is 1. The fraction of sp³-hybridized carbons (Fsp3) is 0.417. The predicted molar refractivity (Wildman–Crippen MR) is 114 cm³/mol. The number of hydrogen-bond acceptors (Lipinski definition) is 5. The Bertz CT molecular complexity index is 841. The van der Waals surface area contributed by atoms with E-state index in [0.29, 0.717) is 30.4 Å². The summed E-state index contributed by atoms with van der Waals surface area (Å²) in [5, 5.41) is 9.17. The lowest BCUT2D eigenvalue weighted by atomic mass is 9.95. The lowest BCUT2D eigenvalue weighted by molar-refractivity contribution is -0.156. The van der Waals surface area contributed by atoms with Crippen LogP contribution in [0.2, 0.25) is 0 Å². The molecule has 162 valence electrons. The molecule has 0 aliphatic heterocycles. The number of benzene rings is 2. The van der Waals surface area contributed by atoms with Crippen LogP contribution in [0.25, 0.3) is 0 Å². The standard InChI is InChI=1S/C24H30O6/c1-5-18-8-11-20(15-21(18)16(2)3)30-13-12-29-19-9-6-17(7-10-19)14-22(23(25)26)24(27)28-4/h6-11,15-16,22H,5,12-14H2,1-4H3,(H,25,26). The largest absolute Gasteiger partial charge is 0.490 e. The molecule has 2 rings (SSSR count). The van der Waals surface area contributed by atoms with Gasteiger partial charge in [-0.3, -0.25) is 9.59 Å². The van der Waals surface area contributed by atoms with Gasteiger partial charge in [-0.15, -0.1) is 0 Å². The second-order valence-electron chi connectivity index (χ2n) is 7.33. The van der Waals surface area contributed by atoms with Crippen LogP contribution in [0.1, 0.15) is 43.4 Å². The van der Waals surface area contributed by atoms with Gasteiger partial charge < -0.3 is 19.3 Å². The van der Waals surface area contributed by atoms with E-state index >= 15 is 0 Å². The van der Waals surface area contributed by atoms with Gasteiger partial charge in [0.2, 0.25) is 0 Å². The van der Waals surface area contributed by atoms with E-state index in [1.54, 1.807) is 24.3 Å². The summed E-state index contributed by atoms with van der Waals surface area (Å²) in [7, 11) is 1.18. The van der Waals surface area contributed by atoms with Crippen LogP contribution < -0.4 is 9.47 Å². The van der Waals surface area contributed by atoms with Gasteiger partial charge >= 0.3 is 11.9 Å². The molecular weight excluding hydrogens is 384 g/mol. The Labute approximate surface area is 177 Å².